The lowest BCUT2D eigenvalue weighted by molar-refractivity contribution is -0.145. The topological polar surface area (TPSA) is 46.6 Å². The summed E-state index contributed by atoms with van der Waals surface area (Å²) in [5.74, 6) is -1.49. The van der Waals surface area contributed by atoms with Crippen molar-refractivity contribution in [1.82, 2.24) is 4.90 Å². The first-order valence-electron chi connectivity index (χ1n) is 8.30. The summed E-state index contributed by atoms with van der Waals surface area (Å²) in [4.78, 5) is 26.0. The zero-order valence-corrected chi connectivity index (χ0v) is 15.0. The second kappa shape index (κ2) is 8.70. The molecule has 144 valence electrons. The van der Waals surface area contributed by atoms with Gasteiger partial charge in [0.25, 0.3) is 5.91 Å². The molecule has 0 N–H and O–H groups in total. The molecule has 0 saturated heterocycles. The fourth-order valence-corrected chi connectivity index (χ4v) is 2.61. The molecule has 0 bridgehead atoms. The number of carbonyl (C=O) groups excluding carboxylic acids is 2. The van der Waals surface area contributed by atoms with Gasteiger partial charge in [0.15, 0.2) is 0 Å². The number of alkyl halides is 3. The molecule has 0 aliphatic rings. The van der Waals surface area contributed by atoms with Crippen molar-refractivity contribution in [3.8, 4) is 0 Å². The third kappa shape index (κ3) is 5.57. The second-order valence-corrected chi connectivity index (χ2v) is 6.17. The van der Waals surface area contributed by atoms with E-state index >= 15 is 0 Å². The molecule has 1 amide bonds. The summed E-state index contributed by atoms with van der Waals surface area (Å²) >= 11 is 0. The van der Waals surface area contributed by atoms with Gasteiger partial charge < -0.3 is 9.64 Å². The zero-order valence-electron chi connectivity index (χ0n) is 15.0. The van der Waals surface area contributed by atoms with E-state index in [9.17, 15) is 22.8 Å². The molecule has 0 heterocycles. The lowest BCUT2D eigenvalue weighted by atomic mass is 10.1. The number of rotatable bonds is 6. The van der Waals surface area contributed by atoms with Crippen LogP contribution in [0.3, 0.4) is 0 Å². The highest BCUT2D eigenvalue weighted by Crippen LogP contribution is 2.29. The molecule has 2 rings (SSSR count). The third-order valence-electron chi connectivity index (χ3n) is 4.06. The third-order valence-corrected chi connectivity index (χ3v) is 4.06. The van der Waals surface area contributed by atoms with Crippen molar-refractivity contribution < 1.29 is 27.5 Å². The molecule has 0 aromatic heterocycles. The fraction of sp³-hybridized carbons (Fsp3) is 0.300. The highest BCUT2D eigenvalue weighted by Gasteiger charge is 2.30. The van der Waals surface area contributed by atoms with E-state index in [1.165, 1.54) is 12.0 Å². The Morgan fingerprint density at radius 2 is 1.63 bits per heavy atom. The standard InChI is InChI=1S/C20H20F3NO3/c1-14(19(26)27-2)12-24(13-15-6-4-3-5-7-15)18(25)16-8-10-17(11-9-16)20(21,22)23/h3-11,14H,12-13H2,1-2H3. The van der Waals surface area contributed by atoms with Crippen LogP contribution in [0.4, 0.5) is 13.2 Å². The van der Waals surface area contributed by atoms with Crippen molar-refractivity contribution in [2.75, 3.05) is 13.7 Å². The van der Waals surface area contributed by atoms with Gasteiger partial charge in [0.1, 0.15) is 0 Å². The summed E-state index contributed by atoms with van der Waals surface area (Å²) in [5.41, 5.74) is 0.141. The van der Waals surface area contributed by atoms with Crippen molar-refractivity contribution in [3.63, 3.8) is 0 Å². The maximum Gasteiger partial charge on any atom is 0.416 e. The van der Waals surface area contributed by atoms with E-state index in [1.807, 2.05) is 30.3 Å². The Hall–Kier alpha value is -2.83. The molecule has 0 fully saturated rings. The molecule has 27 heavy (non-hydrogen) atoms. The minimum atomic E-state index is -4.47. The number of amides is 1. The summed E-state index contributed by atoms with van der Waals surface area (Å²) in [5, 5.41) is 0. The summed E-state index contributed by atoms with van der Waals surface area (Å²) in [6.45, 7) is 1.94. The van der Waals surface area contributed by atoms with Crippen LogP contribution in [0, 0.1) is 5.92 Å². The second-order valence-electron chi connectivity index (χ2n) is 6.17. The maximum absolute atomic E-state index is 12.8. The Kier molecular flexibility index (Phi) is 6.60. The molecule has 0 saturated carbocycles. The van der Waals surface area contributed by atoms with Crippen molar-refractivity contribution in [2.24, 2.45) is 5.92 Å². The normalized spacial score (nSPS) is 12.3. The summed E-state index contributed by atoms with van der Waals surface area (Å²) in [7, 11) is 1.26. The predicted octanol–water partition coefficient (Wildman–Crippen LogP) is 4.16. The zero-order chi connectivity index (χ0) is 20.0. The highest BCUT2D eigenvalue weighted by molar-refractivity contribution is 5.94. The largest absolute Gasteiger partial charge is 0.469 e. The van der Waals surface area contributed by atoms with Crippen molar-refractivity contribution in [1.29, 1.82) is 0 Å². The van der Waals surface area contributed by atoms with E-state index in [-0.39, 0.29) is 18.7 Å². The van der Waals surface area contributed by atoms with E-state index in [1.54, 1.807) is 6.92 Å². The first-order chi connectivity index (χ1) is 12.7. The van der Waals surface area contributed by atoms with Crippen LogP contribution in [0.15, 0.2) is 54.6 Å². The van der Waals surface area contributed by atoms with Crippen LogP contribution in [-0.4, -0.2) is 30.4 Å². The van der Waals surface area contributed by atoms with Gasteiger partial charge in [-0.2, -0.15) is 13.2 Å². The van der Waals surface area contributed by atoms with Gasteiger partial charge in [0, 0.05) is 18.7 Å². The predicted molar refractivity (Wildman–Crippen MR) is 93.8 cm³/mol. The lowest BCUT2D eigenvalue weighted by Gasteiger charge is -2.25. The lowest BCUT2D eigenvalue weighted by Crippen LogP contribution is -2.36. The Morgan fingerprint density at radius 3 is 2.15 bits per heavy atom. The van der Waals surface area contributed by atoms with E-state index in [4.69, 9.17) is 4.74 Å². The smallest absolute Gasteiger partial charge is 0.416 e. The van der Waals surface area contributed by atoms with Gasteiger partial charge in [-0.15, -0.1) is 0 Å². The molecular formula is C20H20F3NO3. The first kappa shape index (κ1) is 20.5. The molecule has 7 heteroatoms. The summed E-state index contributed by atoms with van der Waals surface area (Å²) in [6, 6.07) is 13.2. The van der Waals surface area contributed by atoms with Crippen molar-refractivity contribution in [2.45, 2.75) is 19.6 Å². The molecule has 4 nitrogen and oxygen atoms in total. The van der Waals surface area contributed by atoms with Crippen LogP contribution in [0.1, 0.15) is 28.4 Å². The van der Waals surface area contributed by atoms with Gasteiger partial charge in [0.05, 0.1) is 18.6 Å². The quantitative estimate of drug-likeness (QED) is 0.708. The molecule has 2 aromatic carbocycles. The molecule has 0 radical (unpaired) electrons. The van der Waals surface area contributed by atoms with Crippen molar-refractivity contribution in [3.05, 3.63) is 71.3 Å². The SMILES string of the molecule is COC(=O)C(C)CN(Cc1ccccc1)C(=O)c1ccc(C(F)(F)F)cc1. The Bertz CT molecular complexity index is 773. The molecule has 0 aliphatic heterocycles. The number of methoxy groups -OCH3 is 1. The number of halogens is 3. The average Bonchev–Trinajstić information content (AvgIpc) is 2.66. The van der Waals surface area contributed by atoms with E-state index in [2.05, 4.69) is 0 Å². The van der Waals surface area contributed by atoms with Crippen molar-refractivity contribution >= 4 is 11.9 Å². The number of hydrogen-bond donors (Lipinski definition) is 0. The van der Waals surface area contributed by atoms with Gasteiger partial charge in [-0.1, -0.05) is 37.3 Å². The van der Waals surface area contributed by atoms with E-state index in [0.717, 1.165) is 29.8 Å². The fourth-order valence-electron chi connectivity index (χ4n) is 2.61. The van der Waals surface area contributed by atoms with Crippen LogP contribution in [0.25, 0.3) is 0 Å². The van der Waals surface area contributed by atoms with Gasteiger partial charge in [-0.25, -0.2) is 0 Å². The van der Waals surface area contributed by atoms with Crippen LogP contribution >= 0.6 is 0 Å². The molecule has 0 aliphatic carbocycles. The van der Waals surface area contributed by atoms with Gasteiger partial charge in [-0.3, -0.25) is 9.59 Å². The molecular weight excluding hydrogens is 359 g/mol. The minimum absolute atomic E-state index is 0.0847. The average molecular weight is 379 g/mol. The van der Waals surface area contributed by atoms with Crippen LogP contribution in [0.2, 0.25) is 0 Å². The number of nitrogens with zero attached hydrogens (tertiary/aromatic N) is 1. The maximum atomic E-state index is 12.8. The van der Waals surface area contributed by atoms with Gasteiger partial charge >= 0.3 is 12.1 Å². The number of benzene rings is 2. The number of carbonyl (C=O) groups is 2. The number of ether oxygens (including phenoxy) is 1. The Morgan fingerprint density at radius 1 is 1.04 bits per heavy atom. The van der Waals surface area contributed by atoms with Crippen LogP contribution < -0.4 is 0 Å². The Labute approximate surface area is 155 Å². The molecule has 1 unspecified atom stereocenters. The minimum Gasteiger partial charge on any atom is -0.469 e. The highest BCUT2D eigenvalue weighted by atomic mass is 19.4. The first-order valence-corrected chi connectivity index (χ1v) is 8.30. The summed E-state index contributed by atoms with van der Waals surface area (Å²) in [6.07, 6.45) is -4.47. The Balaban J connectivity index is 2.25. The van der Waals surface area contributed by atoms with Crippen LogP contribution in [0.5, 0.6) is 0 Å². The monoisotopic (exact) mass is 379 g/mol. The molecule has 1 atom stereocenters. The van der Waals surface area contributed by atoms with Crippen LogP contribution in [-0.2, 0) is 22.3 Å². The number of esters is 1. The molecule has 0 spiro atoms. The van der Waals surface area contributed by atoms with Gasteiger partial charge in [-0.05, 0) is 29.8 Å². The van der Waals surface area contributed by atoms with E-state index < -0.39 is 29.5 Å². The number of hydrogen-bond acceptors (Lipinski definition) is 3. The van der Waals surface area contributed by atoms with E-state index in [0.29, 0.717) is 0 Å². The molecule has 2 aromatic rings. The summed E-state index contributed by atoms with van der Waals surface area (Å²) < 4.78 is 42.9. The van der Waals surface area contributed by atoms with Gasteiger partial charge in [0.2, 0.25) is 0 Å².